The van der Waals surface area contributed by atoms with Crippen LogP contribution >= 0.6 is 0 Å². The van der Waals surface area contributed by atoms with E-state index in [-0.39, 0.29) is 11.5 Å². The Kier molecular flexibility index (Phi) is 2.14. The standard InChI is InChI=1S/C12H16NO/c1-12(2,3)10-8-14-11(13-10)9-6-4-5-7-9/h4-7,10H,8H2,1-3H3/q-1. The van der Waals surface area contributed by atoms with Crippen LogP contribution in [-0.2, 0) is 4.74 Å². The number of nitrogens with zero attached hydrogens (tertiary/aromatic N) is 1. The summed E-state index contributed by atoms with van der Waals surface area (Å²) in [5, 5.41) is 4.60. The summed E-state index contributed by atoms with van der Waals surface area (Å²) in [7, 11) is 0. The van der Waals surface area contributed by atoms with Gasteiger partial charge in [0.15, 0.2) is 0 Å². The van der Waals surface area contributed by atoms with Gasteiger partial charge >= 0.3 is 0 Å². The average molecular weight is 190 g/mol. The van der Waals surface area contributed by atoms with Crippen LogP contribution < -0.4 is 0 Å². The number of hydrogen-bond acceptors (Lipinski definition) is 1. The molecule has 0 radical (unpaired) electrons. The lowest BCUT2D eigenvalue weighted by Crippen LogP contribution is -2.25. The number of allylic oxidation sites excluding steroid dienone is 5. The van der Waals surface area contributed by atoms with Crippen molar-refractivity contribution < 1.29 is 4.74 Å². The molecular weight excluding hydrogens is 174 g/mol. The van der Waals surface area contributed by atoms with E-state index in [0.29, 0.717) is 6.61 Å². The van der Waals surface area contributed by atoms with Crippen LogP contribution in [0.3, 0.4) is 0 Å². The van der Waals surface area contributed by atoms with Gasteiger partial charge in [0.2, 0.25) is 0 Å². The molecule has 1 aliphatic carbocycles. The van der Waals surface area contributed by atoms with Crippen molar-refractivity contribution >= 4 is 0 Å². The zero-order chi connectivity index (χ0) is 10.2. The fraction of sp³-hybridized carbons (Fsp3) is 0.500. The SMILES string of the molecule is CC(C)(C)C1COC(=C2C=CC=C2)[N-]1. The van der Waals surface area contributed by atoms with Gasteiger partial charge in [0, 0.05) is 5.88 Å². The molecule has 0 aromatic rings. The monoisotopic (exact) mass is 190 g/mol. The molecule has 0 saturated carbocycles. The molecule has 14 heavy (non-hydrogen) atoms. The molecule has 2 nitrogen and oxygen atoms in total. The molecule has 0 spiro atoms. The number of ether oxygens (including phenoxy) is 1. The van der Waals surface area contributed by atoms with Crippen LogP contribution in [0.4, 0.5) is 0 Å². The van der Waals surface area contributed by atoms with E-state index >= 15 is 0 Å². The molecular formula is C12H16NO-. The summed E-state index contributed by atoms with van der Waals surface area (Å²) in [5.41, 5.74) is 1.28. The predicted molar refractivity (Wildman–Crippen MR) is 57.9 cm³/mol. The fourth-order valence-corrected chi connectivity index (χ4v) is 1.49. The van der Waals surface area contributed by atoms with Crippen LogP contribution in [0.2, 0.25) is 0 Å². The molecule has 1 aliphatic heterocycles. The third-order valence-electron chi connectivity index (χ3n) is 2.56. The molecule has 1 heterocycles. The minimum atomic E-state index is 0.189. The van der Waals surface area contributed by atoms with Gasteiger partial charge in [0.1, 0.15) is 0 Å². The van der Waals surface area contributed by atoms with Crippen molar-refractivity contribution in [3.05, 3.63) is 41.1 Å². The van der Waals surface area contributed by atoms with Crippen molar-refractivity contribution in [3.63, 3.8) is 0 Å². The van der Waals surface area contributed by atoms with Gasteiger partial charge in [-0.2, -0.15) is 0 Å². The summed E-state index contributed by atoms with van der Waals surface area (Å²) < 4.78 is 5.59. The third kappa shape index (κ3) is 1.69. The zero-order valence-corrected chi connectivity index (χ0v) is 8.95. The minimum absolute atomic E-state index is 0.189. The molecule has 1 saturated heterocycles. The van der Waals surface area contributed by atoms with Gasteiger partial charge in [0.25, 0.3) is 0 Å². The van der Waals surface area contributed by atoms with Crippen molar-refractivity contribution in [2.75, 3.05) is 6.61 Å². The van der Waals surface area contributed by atoms with Crippen LogP contribution in [0.25, 0.3) is 5.32 Å². The second-order valence-corrected chi connectivity index (χ2v) is 4.80. The first-order valence-corrected chi connectivity index (χ1v) is 5.00. The molecule has 2 heteroatoms. The maximum Gasteiger partial charge on any atom is 0.0729 e. The summed E-state index contributed by atoms with van der Waals surface area (Å²) in [6, 6.07) is 0.285. The number of rotatable bonds is 0. The second kappa shape index (κ2) is 3.19. The summed E-state index contributed by atoms with van der Waals surface area (Å²) in [5.74, 6) is 0.801. The van der Waals surface area contributed by atoms with Crippen molar-refractivity contribution in [3.8, 4) is 0 Å². The second-order valence-electron chi connectivity index (χ2n) is 4.80. The Bertz CT molecular complexity index is 304. The lowest BCUT2D eigenvalue weighted by Gasteiger charge is -2.34. The van der Waals surface area contributed by atoms with Crippen LogP contribution in [0.1, 0.15) is 20.8 Å². The van der Waals surface area contributed by atoms with E-state index < -0.39 is 0 Å². The zero-order valence-electron chi connectivity index (χ0n) is 8.95. The molecule has 2 rings (SSSR count). The lowest BCUT2D eigenvalue weighted by atomic mass is 9.88. The first-order valence-electron chi connectivity index (χ1n) is 5.00. The van der Waals surface area contributed by atoms with Gasteiger partial charge in [-0.1, -0.05) is 51.1 Å². The Morgan fingerprint density at radius 3 is 2.43 bits per heavy atom. The molecule has 2 aliphatic rings. The topological polar surface area (TPSA) is 23.3 Å². The quantitative estimate of drug-likeness (QED) is 0.575. The van der Waals surface area contributed by atoms with Crippen molar-refractivity contribution in [2.45, 2.75) is 26.8 Å². The van der Waals surface area contributed by atoms with Crippen LogP contribution in [-0.4, -0.2) is 12.6 Å². The molecule has 1 atom stereocenters. The molecule has 0 aromatic carbocycles. The van der Waals surface area contributed by atoms with Crippen LogP contribution in [0, 0.1) is 5.41 Å². The van der Waals surface area contributed by atoms with E-state index in [0.717, 1.165) is 11.5 Å². The molecule has 1 unspecified atom stereocenters. The van der Waals surface area contributed by atoms with Crippen LogP contribution in [0.5, 0.6) is 0 Å². The average Bonchev–Trinajstić information content (AvgIpc) is 2.73. The first-order chi connectivity index (χ1) is 6.57. The normalized spacial score (nSPS) is 25.5. The fourth-order valence-electron chi connectivity index (χ4n) is 1.49. The highest BCUT2D eigenvalue weighted by atomic mass is 16.5. The van der Waals surface area contributed by atoms with Crippen molar-refractivity contribution in [1.29, 1.82) is 0 Å². The highest BCUT2D eigenvalue weighted by Gasteiger charge is 2.22. The van der Waals surface area contributed by atoms with E-state index in [9.17, 15) is 0 Å². The van der Waals surface area contributed by atoms with Crippen molar-refractivity contribution in [1.82, 2.24) is 0 Å². The van der Waals surface area contributed by atoms with Gasteiger partial charge in [0.05, 0.1) is 6.61 Å². The maximum atomic E-state index is 5.59. The van der Waals surface area contributed by atoms with E-state index in [1.165, 1.54) is 0 Å². The third-order valence-corrected chi connectivity index (χ3v) is 2.56. The number of hydrogen-bond donors (Lipinski definition) is 0. The Morgan fingerprint density at radius 2 is 1.93 bits per heavy atom. The maximum absolute atomic E-state index is 5.59. The van der Waals surface area contributed by atoms with Gasteiger partial charge in [-0.3, -0.25) is 0 Å². The van der Waals surface area contributed by atoms with Gasteiger partial charge in [-0.15, -0.1) is 0 Å². The van der Waals surface area contributed by atoms with Crippen molar-refractivity contribution in [2.24, 2.45) is 5.41 Å². The lowest BCUT2D eigenvalue weighted by molar-refractivity contribution is 0.216. The Balaban J connectivity index is 2.12. The van der Waals surface area contributed by atoms with E-state index in [1.807, 2.05) is 24.3 Å². The highest BCUT2D eigenvalue weighted by molar-refractivity contribution is 5.46. The van der Waals surface area contributed by atoms with Gasteiger partial charge in [-0.05, 0) is 11.0 Å². The molecule has 76 valence electrons. The summed E-state index contributed by atoms with van der Waals surface area (Å²) in [6.07, 6.45) is 8.07. The van der Waals surface area contributed by atoms with E-state index in [2.05, 4.69) is 26.1 Å². The molecule has 0 aromatic heterocycles. The summed E-state index contributed by atoms with van der Waals surface area (Å²) >= 11 is 0. The Labute approximate surface area is 85.3 Å². The van der Waals surface area contributed by atoms with Gasteiger partial charge < -0.3 is 10.1 Å². The smallest absolute Gasteiger partial charge is 0.0729 e. The summed E-state index contributed by atoms with van der Waals surface area (Å²) in [4.78, 5) is 0. The molecule has 0 bridgehead atoms. The Morgan fingerprint density at radius 1 is 1.29 bits per heavy atom. The van der Waals surface area contributed by atoms with E-state index in [4.69, 9.17) is 4.74 Å². The minimum Gasteiger partial charge on any atom is -0.648 e. The largest absolute Gasteiger partial charge is 0.648 e. The highest BCUT2D eigenvalue weighted by Crippen LogP contribution is 2.36. The van der Waals surface area contributed by atoms with E-state index in [1.54, 1.807) is 0 Å². The predicted octanol–water partition coefficient (Wildman–Crippen LogP) is 3.14. The molecule has 0 amide bonds. The molecule has 1 fully saturated rings. The molecule has 0 N–H and O–H groups in total. The van der Waals surface area contributed by atoms with Crippen LogP contribution in [0.15, 0.2) is 35.8 Å². The first kappa shape index (κ1) is 9.38. The van der Waals surface area contributed by atoms with Gasteiger partial charge in [-0.25, -0.2) is 0 Å². The summed E-state index contributed by atoms with van der Waals surface area (Å²) in [6.45, 7) is 7.29. The Hall–Kier alpha value is -1.18.